The maximum absolute atomic E-state index is 16.5. The first-order valence-electron chi connectivity index (χ1n) is 12.9. The highest BCUT2D eigenvalue weighted by molar-refractivity contribution is 5.98. The van der Waals surface area contributed by atoms with E-state index in [0.717, 1.165) is 37.8 Å². The first-order valence-corrected chi connectivity index (χ1v) is 12.9. The summed E-state index contributed by atoms with van der Waals surface area (Å²) in [6, 6.07) is 11.4. The van der Waals surface area contributed by atoms with Crippen LogP contribution in [0.1, 0.15) is 36.8 Å². The summed E-state index contributed by atoms with van der Waals surface area (Å²) in [7, 11) is 0. The first kappa shape index (κ1) is 25.4. The number of hydrogen-bond donors (Lipinski definition) is 3. The second-order valence-electron chi connectivity index (χ2n) is 10.4. The average molecular weight is 542 g/mol. The minimum Gasteiger partial charge on any atom is -0.481 e. The Balaban J connectivity index is 1.62. The molecule has 2 aromatic carbocycles. The number of anilines is 1. The highest BCUT2D eigenvalue weighted by atomic mass is 19.1. The number of carbonyl (C=O) groups is 1. The highest BCUT2D eigenvalue weighted by Crippen LogP contribution is 2.47. The van der Waals surface area contributed by atoms with Crippen LogP contribution in [0.15, 0.2) is 42.6 Å². The van der Waals surface area contributed by atoms with Crippen molar-refractivity contribution in [3.8, 4) is 34.5 Å². The van der Waals surface area contributed by atoms with E-state index in [1.54, 1.807) is 12.1 Å². The van der Waals surface area contributed by atoms with Crippen molar-refractivity contribution in [1.29, 1.82) is 10.5 Å². The van der Waals surface area contributed by atoms with Gasteiger partial charge in [0.1, 0.15) is 17.7 Å². The van der Waals surface area contributed by atoms with Crippen LogP contribution in [0, 0.1) is 57.9 Å². The molecule has 0 amide bonds. The maximum atomic E-state index is 16.5. The molecule has 0 saturated heterocycles. The van der Waals surface area contributed by atoms with Gasteiger partial charge in [0.2, 0.25) is 0 Å². The fourth-order valence-corrected chi connectivity index (χ4v) is 6.54. The number of rotatable bonds is 5. The Hall–Kier alpha value is -4.83. The number of nitriles is 2. The molecule has 0 aliphatic heterocycles. The number of carboxylic acid groups (broad SMARTS) is 1. The Morgan fingerprint density at radius 1 is 1.02 bits per heavy atom. The Morgan fingerprint density at radius 2 is 1.75 bits per heavy atom. The van der Waals surface area contributed by atoms with Gasteiger partial charge in [-0.2, -0.15) is 10.5 Å². The Bertz CT molecular complexity index is 1760. The van der Waals surface area contributed by atoms with Gasteiger partial charge in [-0.15, -0.1) is 0 Å². The van der Waals surface area contributed by atoms with Gasteiger partial charge in [0.25, 0.3) is 0 Å². The second-order valence-corrected chi connectivity index (χ2v) is 10.4. The summed E-state index contributed by atoms with van der Waals surface area (Å²) >= 11 is 0. The first-order chi connectivity index (χ1) is 19.3. The molecule has 2 aromatic heterocycles. The van der Waals surface area contributed by atoms with E-state index >= 15 is 4.39 Å². The summed E-state index contributed by atoms with van der Waals surface area (Å²) in [6.07, 6.45) is 4.51. The molecule has 4 aromatic rings. The zero-order chi connectivity index (χ0) is 28.1. The Kier molecular flexibility index (Phi) is 6.19. The number of fused-ring (bicyclic) bond motifs is 4. The van der Waals surface area contributed by atoms with E-state index in [9.17, 15) is 29.2 Å². The molecule has 2 heterocycles. The SMILES string of the molecule is N#Cc1ccccc1-c1c(F)c(NC2C3CCC(CC3)C2C(=O)O)nc(-c2c[nH]c3c(F)cc(F)cc23)c1C#N. The van der Waals surface area contributed by atoms with Crippen LogP contribution in [0.5, 0.6) is 0 Å². The lowest BCUT2D eigenvalue weighted by molar-refractivity contribution is -0.148. The number of benzene rings is 2. The number of carboxylic acids is 1. The van der Waals surface area contributed by atoms with Gasteiger partial charge in [-0.1, -0.05) is 18.2 Å². The van der Waals surface area contributed by atoms with Crippen molar-refractivity contribution >= 4 is 22.7 Å². The number of pyridine rings is 1. The number of hydrogen-bond acceptors (Lipinski definition) is 5. The average Bonchev–Trinajstić information content (AvgIpc) is 3.38. The van der Waals surface area contributed by atoms with Gasteiger partial charge in [-0.3, -0.25) is 4.79 Å². The fourth-order valence-electron chi connectivity index (χ4n) is 6.54. The minimum atomic E-state index is -0.973. The summed E-state index contributed by atoms with van der Waals surface area (Å²) in [4.78, 5) is 19.5. The number of nitrogens with one attached hydrogen (secondary N) is 2. The molecule has 0 spiro atoms. The van der Waals surface area contributed by atoms with Crippen LogP contribution in [-0.4, -0.2) is 27.1 Å². The third kappa shape index (κ3) is 3.95. The lowest BCUT2D eigenvalue weighted by Crippen LogP contribution is -2.51. The van der Waals surface area contributed by atoms with Gasteiger partial charge in [0.05, 0.1) is 34.3 Å². The lowest BCUT2D eigenvalue weighted by Gasteiger charge is -2.47. The second kappa shape index (κ2) is 9.73. The van der Waals surface area contributed by atoms with E-state index in [1.807, 2.05) is 12.1 Å². The van der Waals surface area contributed by atoms with Crippen molar-refractivity contribution in [2.24, 2.45) is 17.8 Å². The van der Waals surface area contributed by atoms with Gasteiger partial charge in [-0.25, -0.2) is 18.2 Å². The molecule has 3 saturated carbocycles. The molecule has 3 N–H and O–H groups in total. The lowest BCUT2D eigenvalue weighted by atomic mass is 9.61. The zero-order valence-electron chi connectivity index (χ0n) is 21.0. The van der Waals surface area contributed by atoms with E-state index in [1.165, 1.54) is 18.3 Å². The minimum absolute atomic E-state index is 0.0162. The molecule has 3 fully saturated rings. The van der Waals surface area contributed by atoms with Gasteiger partial charge in [-0.05, 0) is 49.7 Å². The third-order valence-corrected chi connectivity index (χ3v) is 8.34. The molecular formula is C30H22F3N5O2. The molecule has 7 nitrogen and oxygen atoms in total. The summed E-state index contributed by atoms with van der Waals surface area (Å²) in [6.45, 7) is 0. The van der Waals surface area contributed by atoms with Crippen LogP contribution in [0.2, 0.25) is 0 Å². The van der Waals surface area contributed by atoms with E-state index in [4.69, 9.17) is 0 Å². The quantitative estimate of drug-likeness (QED) is 0.270. The van der Waals surface area contributed by atoms with Gasteiger partial charge < -0.3 is 15.4 Å². The maximum Gasteiger partial charge on any atom is 0.308 e. The topological polar surface area (TPSA) is 126 Å². The van der Waals surface area contributed by atoms with Crippen molar-refractivity contribution in [1.82, 2.24) is 9.97 Å². The molecule has 0 radical (unpaired) electrons. The van der Waals surface area contributed by atoms with Crippen LogP contribution in [0.3, 0.4) is 0 Å². The van der Waals surface area contributed by atoms with E-state index < -0.39 is 35.4 Å². The van der Waals surface area contributed by atoms with Gasteiger partial charge in [0.15, 0.2) is 11.6 Å². The molecule has 10 heteroatoms. The number of halogens is 3. The van der Waals surface area contributed by atoms with Crippen molar-refractivity contribution < 1.29 is 23.1 Å². The van der Waals surface area contributed by atoms with Crippen LogP contribution in [0.4, 0.5) is 19.0 Å². The predicted octanol–water partition coefficient (Wildman–Crippen LogP) is 6.36. The number of nitrogens with zero attached hydrogens (tertiary/aromatic N) is 3. The standard InChI is InChI=1S/C30H22F3N5O2/c31-17-9-19-21(13-36-28(19)22(32)10-17)27-20(12-35)24(18-4-2-1-3-16(18)11-34)25(33)29(38-27)37-26-15-7-5-14(6-8-15)23(26)30(39)40/h1-4,9-10,13-15,23,26,36H,5-8H2,(H,37,38)(H,39,40). The summed E-state index contributed by atoms with van der Waals surface area (Å²) in [5, 5.41) is 33.2. The van der Waals surface area contributed by atoms with Gasteiger partial charge in [0, 0.05) is 40.4 Å². The molecule has 3 aliphatic carbocycles. The Morgan fingerprint density at radius 3 is 2.45 bits per heavy atom. The monoisotopic (exact) mass is 541 g/mol. The molecular weight excluding hydrogens is 519 g/mol. The molecule has 7 rings (SSSR count). The molecule has 2 atom stereocenters. The predicted molar refractivity (Wildman–Crippen MR) is 140 cm³/mol. The number of aromatic nitrogens is 2. The van der Waals surface area contributed by atoms with Crippen molar-refractivity contribution in [3.05, 3.63) is 71.2 Å². The molecule has 40 heavy (non-hydrogen) atoms. The van der Waals surface area contributed by atoms with Gasteiger partial charge >= 0.3 is 5.97 Å². The summed E-state index contributed by atoms with van der Waals surface area (Å²) < 4.78 is 45.2. The van der Waals surface area contributed by atoms with Crippen molar-refractivity contribution in [3.63, 3.8) is 0 Å². The number of aromatic amines is 1. The van der Waals surface area contributed by atoms with Crippen LogP contribution >= 0.6 is 0 Å². The van der Waals surface area contributed by atoms with Crippen molar-refractivity contribution in [2.45, 2.75) is 31.7 Å². The molecule has 3 aliphatic rings. The summed E-state index contributed by atoms with van der Waals surface area (Å²) in [5.41, 5.74) is -0.0974. The summed E-state index contributed by atoms with van der Waals surface area (Å²) in [5.74, 6) is -4.69. The number of H-pyrrole nitrogens is 1. The largest absolute Gasteiger partial charge is 0.481 e. The van der Waals surface area contributed by atoms with Crippen LogP contribution < -0.4 is 5.32 Å². The van der Waals surface area contributed by atoms with Crippen LogP contribution in [0.25, 0.3) is 33.3 Å². The molecule has 2 unspecified atom stereocenters. The Labute approximate surface area is 226 Å². The number of aliphatic carboxylic acids is 1. The van der Waals surface area contributed by atoms with E-state index in [0.29, 0.717) is 0 Å². The van der Waals surface area contributed by atoms with Crippen LogP contribution in [-0.2, 0) is 4.79 Å². The normalized spacial score (nSPS) is 21.6. The zero-order valence-corrected chi connectivity index (χ0v) is 21.0. The third-order valence-electron chi connectivity index (χ3n) is 8.34. The fraction of sp³-hybridized carbons (Fsp3) is 0.267. The molecule has 200 valence electrons. The van der Waals surface area contributed by atoms with E-state index in [-0.39, 0.29) is 62.1 Å². The smallest absolute Gasteiger partial charge is 0.308 e. The highest BCUT2D eigenvalue weighted by Gasteiger charge is 2.47. The van der Waals surface area contributed by atoms with Crippen molar-refractivity contribution in [2.75, 3.05) is 5.32 Å². The molecule has 2 bridgehead atoms. The van der Waals surface area contributed by atoms with E-state index in [2.05, 4.69) is 15.3 Å².